The van der Waals surface area contributed by atoms with Crippen molar-refractivity contribution in [3.63, 3.8) is 0 Å². The molecule has 0 aromatic heterocycles. The maximum atomic E-state index is 12.9. The molecule has 1 amide bonds. The maximum absolute atomic E-state index is 12.9. The molecule has 0 unspecified atom stereocenters. The van der Waals surface area contributed by atoms with Crippen molar-refractivity contribution in [2.24, 2.45) is 0 Å². The molecule has 6 nitrogen and oxygen atoms in total. The first-order valence-corrected chi connectivity index (χ1v) is 10.9. The van der Waals surface area contributed by atoms with Gasteiger partial charge in [0.25, 0.3) is 0 Å². The standard InChI is InChI=1S/C20H22ClN3O3S/c1-4-18(20(25)23-17-9-6-15(7-10-17)11-12-22)24(28(3,26)27)19-13-16(21)8-5-14(19)2/h5-10,13,18H,4,11H2,1-3H3,(H,23,25)/t18-/m0/s1. The molecule has 2 rings (SSSR count). The SMILES string of the molecule is CC[C@@H](C(=O)Nc1ccc(CC#N)cc1)N(c1cc(Cl)ccc1C)S(C)(=O)=O. The van der Waals surface area contributed by atoms with Gasteiger partial charge in [0.05, 0.1) is 24.4 Å². The molecule has 0 aliphatic carbocycles. The van der Waals surface area contributed by atoms with Crippen LogP contribution in [0.1, 0.15) is 24.5 Å². The summed E-state index contributed by atoms with van der Waals surface area (Å²) < 4.78 is 26.2. The zero-order chi connectivity index (χ0) is 20.9. The summed E-state index contributed by atoms with van der Waals surface area (Å²) in [5.74, 6) is -0.444. The fourth-order valence-electron chi connectivity index (χ4n) is 2.88. The quantitative estimate of drug-likeness (QED) is 0.736. The molecule has 0 radical (unpaired) electrons. The summed E-state index contributed by atoms with van der Waals surface area (Å²) in [5.41, 5.74) is 2.43. The van der Waals surface area contributed by atoms with Crippen molar-refractivity contribution in [3.05, 3.63) is 58.6 Å². The molecule has 148 valence electrons. The van der Waals surface area contributed by atoms with Gasteiger partial charge < -0.3 is 5.32 Å². The Bertz CT molecular complexity index is 998. The van der Waals surface area contributed by atoms with Crippen LogP contribution >= 0.6 is 11.6 Å². The number of hydrogen-bond acceptors (Lipinski definition) is 4. The van der Waals surface area contributed by atoms with Crippen LogP contribution in [0.25, 0.3) is 0 Å². The second-order valence-corrected chi connectivity index (χ2v) is 8.73. The van der Waals surface area contributed by atoms with Crippen LogP contribution in [-0.2, 0) is 21.2 Å². The summed E-state index contributed by atoms with van der Waals surface area (Å²) in [6.45, 7) is 3.51. The highest BCUT2D eigenvalue weighted by Gasteiger charge is 2.32. The largest absolute Gasteiger partial charge is 0.324 e. The fourth-order valence-corrected chi connectivity index (χ4v) is 4.31. The van der Waals surface area contributed by atoms with Crippen molar-refractivity contribution in [3.8, 4) is 6.07 Å². The minimum atomic E-state index is -3.74. The van der Waals surface area contributed by atoms with Crippen molar-refractivity contribution in [2.45, 2.75) is 32.7 Å². The molecular weight excluding hydrogens is 398 g/mol. The Labute approximate surface area is 170 Å². The van der Waals surface area contributed by atoms with E-state index < -0.39 is 22.0 Å². The molecule has 0 fully saturated rings. The van der Waals surface area contributed by atoms with E-state index in [9.17, 15) is 13.2 Å². The summed E-state index contributed by atoms with van der Waals surface area (Å²) >= 11 is 6.06. The van der Waals surface area contributed by atoms with E-state index >= 15 is 0 Å². The predicted molar refractivity (Wildman–Crippen MR) is 112 cm³/mol. The van der Waals surface area contributed by atoms with Gasteiger partial charge in [-0.05, 0) is 48.7 Å². The number of amides is 1. The van der Waals surface area contributed by atoms with E-state index in [2.05, 4.69) is 11.4 Å². The van der Waals surface area contributed by atoms with Gasteiger partial charge in [-0.1, -0.05) is 36.7 Å². The summed E-state index contributed by atoms with van der Waals surface area (Å²) in [7, 11) is -3.74. The van der Waals surface area contributed by atoms with Crippen LogP contribution in [0.4, 0.5) is 11.4 Å². The van der Waals surface area contributed by atoms with E-state index in [1.807, 2.05) is 0 Å². The minimum absolute atomic E-state index is 0.275. The van der Waals surface area contributed by atoms with Crippen LogP contribution in [0.3, 0.4) is 0 Å². The first kappa shape index (κ1) is 21.7. The Morgan fingerprint density at radius 2 is 1.89 bits per heavy atom. The van der Waals surface area contributed by atoms with Gasteiger partial charge in [-0.15, -0.1) is 0 Å². The molecule has 0 bridgehead atoms. The Hall–Kier alpha value is -2.56. The lowest BCUT2D eigenvalue weighted by Crippen LogP contribution is -2.47. The topological polar surface area (TPSA) is 90.3 Å². The highest BCUT2D eigenvalue weighted by molar-refractivity contribution is 7.92. The van der Waals surface area contributed by atoms with Gasteiger partial charge in [0.1, 0.15) is 6.04 Å². The van der Waals surface area contributed by atoms with Gasteiger partial charge in [-0.3, -0.25) is 9.10 Å². The van der Waals surface area contributed by atoms with Crippen molar-refractivity contribution in [2.75, 3.05) is 15.9 Å². The number of nitrogens with zero attached hydrogens (tertiary/aromatic N) is 2. The Balaban J connectivity index is 2.36. The van der Waals surface area contributed by atoms with Crippen molar-refractivity contribution < 1.29 is 13.2 Å². The van der Waals surface area contributed by atoms with Gasteiger partial charge in [0.2, 0.25) is 15.9 Å². The maximum Gasteiger partial charge on any atom is 0.248 e. The number of sulfonamides is 1. The molecule has 0 aliphatic rings. The number of aryl methyl sites for hydroxylation is 1. The van der Waals surface area contributed by atoms with Gasteiger partial charge in [-0.2, -0.15) is 5.26 Å². The molecule has 2 aromatic carbocycles. The second kappa shape index (κ2) is 9.09. The lowest BCUT2D eigenvalue weighted by atomic mass is 10.1. The first-order chi connectivity index (χ1) is 13.2. The van der Waals surface area contributed by atoms with Crippen molar-refractivity contribution in [1.82, 2.24) is 0 Å². The van der Waals surface area contributed by atoms with Gasteiger partial charge in [-0.25, -0.2) is 8.42 Å². The number of hydrogen-bond donors (Lipinski definition) is 1. The average Bonchev–Trinajstić information content (AvgIpc) is 2.62. The smallest absolute Gasteiger partial charge is 0.248 e. The van der Waals surface area contributed by atoms with E-state index in [4.69, 9.17) is 16.9 Å². The van der Waals surface area contributed by atoms with Crippen LogP contribution in [0, 0.1) is 18.3 Å². The molecule has 0 aliphatic heterocycles. The molecule has 1 N–H and O–H groups in total. The number of nitrogens with one attached hydrogen (secondary N) is 1. The van der Waals surface area contributed by atoms with E-state index in [0.717, 1.165) is 16.1 Å². The van der Waals surface area contributed by atoms with Crippen LogP contribution in [0.2, 0.25) is 5.02 Å². The van der Waals surface area contributed by atoms with Crippen LogP contribution in [0.15, 0.2) is 42.5 Å². The zero-order valence-corrected chi connectivity index (χ0v) is 17.5. The first-order valence-electron chi connectivity index (χ1n) is 8.69. The normalized spacial score (nSPS) is 12.1. The number of benzene rings is 2. The highest BCUT2D eigenvalue weighted by atomic mass is 35.5. The second-order valence-electron chi connectivity index (χ2n) is 6.43. The lowest BCUT2D eigenvalue weighted by Gasteiger charge is -2.31. The van der Waals surface area contributed by atoms with Gasteiger partial charge in [0.15, 0.2) is 0 Å². The molecule has 0 spiro atoms. The van der Waals surface area contributed by atoms with Crippen LogP contribution in [0.5, 0.6) is 0 Å². The number of carbonyl (C=O) groups is 1. The predicted octanol–water partition coefficient (Wildman–Crippen LogP) is 3.90. The number of nitriles is 1. The molecule has 2 aromatic rings. The van der Waals surface area contributed by atoms with Crippen molar-refractivity contribution >= 4 is 38.9 Å². The Morgan fingerprint density at radius 3 is 2.43 bits per heavy atom. The molecule has 0 saturated heterocycles. The summed E-state index contributed by atoms with van der Waals surface area (Å²) in [4.78, 5) is 12.9. The third-order valence-corrected chi connectivity index (χ3v) is 5.64. The summed E-state index contributed by atoms with van der Waals surface area (Å²) in [5, 5.41) is 11.9. The summed E-state index contributed by atoms with van der Waals surface area (Å²) in [6.07, 6.45) is 1.62. The minimum Gasteiger partial charge on any atom is -0.324 e. The van der Waals surface area contributed by atoms with E-state index in [0.29, 0.717) is 22.0 Å². The highest BCUT2D eigenvalue weighted by Crippen LogP contribution is 2.29. The van der Waals surface area contributed by atoms with Crippen LogP contribution < -0.4 is 9.62 Å². The third-order valence-electron chi connectivity index (χ3n) is 4.24. The van der Waals surface area contributed by atoms with Crippen LogP contribution in [-0.4, -0.2) is 26.6 Å². The summed E-state index contributed by atoms with van der Waals surface area (Å²) in [6, 6.07) is 12.9. The number of rotatable bonds is 7. The number of halogens is 1. The number of carbonyl (C=O) groups excluding carboxylic acids is 1. The molecule has 0 heterocycles. The molecule has 8 heteroatoms. The third kappa shape index (κ3) is 5.24. The average molecular weight is 420 g/mol. The zero-order valence-electron chi connectivity index (χ0n) is 15.9. The van der Waals surface area contributed by atoms with E-state index in [1.165, 1.54) is 0 Å². The molecule has 1 atom stereocenters. The van der Waals surface area contributed by atoms with Crippen molar-refractivity contribution in [1.29, 1.82) is 5.26 Å². The monoisotopic (exact) mass is 419 g/mol. The fraction of sp³-hybridized carbons (Fsp3) is 0.300. The Kier molecular flexibility index (Phi) is 7.05. The lowest BCUT2D eigenvalue weighted by molar-refractivity contribution is -0.117. The Morgan fingerprint density at radius 1 is 1.25 bits per heavy atom. The van der Waals surface area contributed by atoms with E-state index in [1.54, 1.807) is 56.3 Å². The molecule has 0 saturated carbocycles. The molecular formula is C20H22ClN3O3S. The van der Waals surface area contributed by atoms with Gasteiger partial charge >= 0.3 is 0 Å². The molecule has 28 heavy (non-hydrogen) atoms. The van der Waals surface area contributed by atoms with Gasteiger partial charge in [0, 0.05) is 10.7 Å². The van der Waals surface area contributed by atoms with E-state index in [-0.39, 0.29) is 12.8 Å². The number of anilines is 2.